The van der Waals surface area contributed by atoms with E-state index in [0.717, 1.165) is 26.1 Å². The molecule has 0 spiro atoms. The maximum absolute atomic E-state index is 12.3. The minimum Gasteiger partial charge on any atom is -0.345 e. The molecular weight excluding hydrogens is 238 g/mol. The van der Waals surface area contributed by atoms with Gasteiger partial charge in [0.05, 0.1) is 5.02 Å². The Hall–Kier alpha value is -1.00. The second-order valence-corrected chi connectivity index (χ2v) is 5.05. The summed E-state index contributed by atoms with van der Waals surface area (Å²) in [6.45, 7) is 2.65. The molecule has 17 heavy (non-hydrogen) atoms. The van der Waals surface area contributed by atoms with Crippen molar-refractivity contribution in [1.29, 1.82) is 0 Å². The highest BCUT2D eigenvalue weighted by Gasteiger charge is 2.27. The van der Waals surface area contributed by atoms with Crippen LogP contribution in [0.5, 0.6) is 0 Å². The maximum atomic E-state index is 12.3. The van der Waals surface area contributed by atoms with Crippen LogP contribution in [0.2, 0.25) is 5.02 Å². The molecule has 0 radical (unpaired) electrons. The van der Waals surface area contributed by atoms with Crippen molar-refractivity contribution in [2.24, 2.45) is 13.0 Å². The molecule has 94 valence electrons. The second-order valence-electron chi connectivity index (χ2n) is 4.62. The fourth-order valence-electron chi connectivity index (χ4n) is 2.37. The van der Waals surface area contributed by atoms with Gasteiger partial charge in [-0.3, -0.25) is 4.79 Å². The minimum absolute atomic E-state index is 0.0815. The molecule has 2 heterocycles. The summed E-state index contributed by atoms with van der Waals surface area (Å²) in [4.78, 5) is 14.2. The molecule has 0 aliphatic carbocycles. The Morgan fingerprint density at radius 2 is 2.41 bits per heavy atom. The summed E-state index contributed by atoms with van der Waals surface area (Å²) >= 11 is 5.89. The van der Waals surface area contributed by atoms with Gasteiger partial charge >= 0.3 is 0 Å². The largest absolute Gasteiger partial charge is 0.345 e. The minimum atomic E-state index is 0.0815. The number of aromatic nitrogens is 1. The lowest BCUT2D eigenvalue weighted by Gasteiger charge is -2.16. The molecule has 1 aliphatic heterocycles. The molecule has 1 unspecified atom stereocenters. The normalized spacial score (nSPS) is 19.9. The lowest BCUT2D eigenvalue weighted by Crippen LogP contribution is -2.31. The van der Waals surface area contributed by atoms with Crippen LogP contribution in [0.15, 0.2) is 12.3 Å². The van der Waals surface area contributed by atoms with Gasteiger partial charge in [-0.15, -0.1) is 0 Å². The molecule has 1 aliphatic rings. The van der Waals surface area contributed by atoms with E-state index in [1.807, 2.05) is 19.0 Å². The van der Waals surface area contributed by atoms with Gasteiger partial charge in [-0.25, -0.2) is 0 Å². The zero-order valence-electron chi connectivity index (χ0n) is 10.2. The number of likely N-dealkylation sites (tertiary alicyclic amines) is 1. The Labute approximate surface area is 107 Å². The molecule has 1 atom stereocenters. The average molecular weight is 256 g/mol. The summed E-state index contributed by atoms with van der Waals surface area (Å²) in [7, 11) is 3.79. The molecule has 1 aromatic heterocycles. The zero-order chi connectivity index (χ0) is 12.4. The van der Waals surface area contributed by atoms with Crippen LogP contribution >= 0.6 is 11.6 Å². The lowest BCUT2D eigenvalue weighted by molar-refractivity contribution is 0.0778. The Morgan fingerprint density at radius 3 is 3.00 bits per heavy atom. The quantitative estimate of drug-likeness (QED) is 0.886. The van der Waals surface area contributed by atoms with Crippen LogP contribution in [0.3, 0.4) is 0 Å². The summed E-state index contributed by atoms with van der Waals surface area (Å²) in [6.07, 6.45) is 2.83. The van der Waals surface area contributed by atoms with Crippen molar-refractivity contribution in [2.45, 2.75) is 6.42 Å². The monoisotopic (exact) mass is 255 g/mol. The van der Waals surface area contributed by atoms with E-state index in [1.165, 1.54) is 0 Å². The molecule has 0 saturated carbocycles. The van der Waals surface area contributed by atoms with Crippen LogP contribution in [0.4, 0.5) is 0 Å². The van der Waals surface area contributed by atoms with E-state index in [4.69, 9.17) is 11.6 Å². The predicted octanol–water partition coefficient (Wildman–Crippen LogP) is 1.36. The van der Waals surface area contributed by atoms with E-state index in [-0.39, 0.29) is 5.91 Å². The van der Waals surface area contributed by atoms with Gasteiger partial charge in [-0.1, -0.05) is 11.6 Å². The van der Waals surface area contributed by atoms with Gasteiger partial charge in [0, 0.05) is 26.3 Å². The van der Waals surface area contributed by atoms with Gasteiger partial charge in [0.2, 0.25) is 0 Å². The molecule has 0 aromatic carbocycles. The molecule has 2 rings (SSSR count). The number of amides is 1. The summed E-state index contributed by atoms with van der Waals surface area (Å²) in [6, 6.07) is 1.73. The van der Waals surface area contributed by atoms with E-state index in [9.17, 15) is 4.79 Å². The molecule has 5 heteroatoms. The number of carbonyl (C=O) groups is 1. The second kappa shape index (κ2) is 5.10. The van der Waals surface area contributed by atoms with Crippen molar-refractivity contribution in [1.82, 2.24) is 14.8 Å². The van der Waals surface area contributed by atoms with Gasteiger partial charge in [0.15, 0.2) is 0 Å². The predicted molar refractivity (Wildman–Crippen MR) is 68.4 cm³/mol. The first-order chi connectivity index (χ1) is 8.11. The number of halogens is 1. The first kappa shape index (κ1) is 12.5. The molecule has 0 bridgehead atoms. The van der Waals surface area contributed by atoms with Crippen LogP contribution in [0.1, 0.15) is 16.9 Å². The average Bonchev–Trinajstić information content (AvgIpc) is 2.85. The fraction of sp³-hybridized carbons (Fsp3) is 0.583. The highest BCUT2D eigenvalue weighted by Crippen LogP contribution is 2.20. The Bertz CT molecular complexity index is 416. The van der Waals surface area contributed by atoms with Crippen LogP contribution in [0.25, 0.3) is 0 Å². The SMILES string of the molecule is CNCC1CCN(C(=O)c2cc(Cl)cn2C)C1. The summed E-state index contributed by atoms with van der Waals surface area (Å²) in [5.74, 6) is 0.651. The van der Waals surface area contributed by atoms with Crippen LogP contribution in [-0.4, -0.2) is 42.1 Å². The van der Waals surface area contributed by atoms with Crippen molar-refractivity contribution in [2.75, 3.05) is 26.7 Å². The van der Waals surface area contributed by atoms with Crippen LogP contribution in [0, 0.1) is 5.92 Å². The van der Waals surface area contributed by atoms with Crippen molar-refractivity contribution >= 4 is 17.5 Å². The van der Waals surface area contributed by atoms with Gasteiger partial charge in [0.1, 0.15) is 5.69 Å². The highest BCUT2D eigenvalue weighted by molar-refractivity contribution is 6.31. The first-order valence-corrected chi connectivity index (χ1v) is 6.25. The molecule has 1 aromatic rings. The number of nitrogens with one attached hydrogen (secondary N) is 1. The van der Waals surface area contributed by atoms with Crippen molar-refractivity contribution < 1.29 is 4.79 Å². The summed E-state index contributed by atoms with van der Waals surface area (Å²) in [5, 5.41) is 3.77. The summed E-state index contributed by atoms with van der Waals surface area (Å²) < 4.78 is 1.79. The van der Waals surface area contributed by atoms with E-state index in [2.05, 4.69) is 5.32 Å². The zero-order valence-corrected chi connectivity index (χ0v) is 11.0. The van der Waals surface area contributed by atoms with E-state index < -0.39 is 0 Å². The number of aryl methyl sites for hydroxylation is 1. The number of nitrogens with zero attached hydrogens (tertiary/aromatic N) is 2. The Morgan fingerprint density at radius 1 is 1.65 bits per heavy atom. The van der Waals surface area contributed by atoms with E-state index in [0.29, 0.717) is 16.6 Å². The highest BCUT2D eigenvalue weighted by atomic mass is 35.5. The third-order valence-corrected chi connectivity index (χ3v) is 3.46. The third-order valence-electron chi connectivity index (χ3n) is 3.26. The van der Waals surface area contributed by atoms with E-state index in [1.54, 1.807) is 16.8 Å². The Balaban J connectivity index is 2.04. The fourth-order valence-corrected chi connectivity index (χ4v) is 2.62. The van der Waals surface area contributed by atoms with Crippen LogP contribution < -0.4 is 5.32 Å². The molecule has 1 amide bonds. The Kier molecular flexibility index (Phi) is 3.74. The van der Waals surface area contributed by atoms with Gasteiger partial charge in [-0.05, 0) is 32.0 Å². The number of rotatable bonds is 3. The lowest BCUT2D eigenvalue weighted by atomic mass is 10.1. The van der Waals surface area contributed by atoms with E-state index >= 15 is 0 Å². The molecule has 4 nitrogen and oxygen atoms in total. The standard InChI is InChI=1S/C12H18ClN3O/c1-14-6-9-3-4-16(7-9)12(17)11-5-10(13)8-15(11)2/h5,8-9,14H,3-4,6-7H2,1-2H3. The van der Waals surface area contributed by atoms with Gasteiger partial charge in [0.25, 0.3) is 5.91 Å². The number of hydrogen-bond donors (Lipinski definition) is 1. The molecular formula is C12H18ClN3O. The van der Waals surface area contributed by atoms with Crippen LogP contribution in [-0.2, 0) is 7.05 Å². The molecule has 1 saturated heterocycles. The van der Waals surface area contributed by atoms with Crippen molar-refractivity contribution in [3.63, 3.8) is 0 Å². The maximum Gasteiger partial charge on any atom is 0.270 e. The smallest absolute Gasteiger partial charge is 0.270 e. The third kappa shape index (κ3) is 2.64. The molecule has 1 N–H and O–H groups in total. The number of hydrogen-bond acceptors (Lipinski definition) is 2. The first-order valence-electron chi connectivity index (χ1n) is 5.87. The van der Waals surface area contributed by atoms with Crippen molar-refractivity contribution in [3.05, 3.63) is 23.0 Å². The summed E-state index contributed by atoms with van der Waals surface area (Å²) in [5.41, 5.74) is 0.667. The molecule has 1 fully saturated rings. The van der Waals surface area contributed by atoms with Gasteiger partial charge in [-0.2, -0.15) is 0 Å². The topological polar surface area (TPSA) is 37.3 Å². The van der Waals surface area contributed by atoms with Gasteiger partial charge < -0.3 is 14.8 Å². The number of carbonyl (C=O) groups excluding carboxylic acids is 1. The van der Waals surface area contributed by atoms with Crippen molar-refractivity contribution in [3.8, 4) is 0 Å².